The number of nitrogens with one attached hydrogen (secondary N) is 4. The summed E-state index contributed by atoms with van der Waals surface area (Å²) in [5, 5.41) is 16.1. The molecule has 1 aromatic carbocycles. The highest BCUT2D eigenvalue weighted by Crippen LogP contribution is 2.20. The van der Waals surface area contributed by atoms with E-state index in [0.29, 0.717) is 17.9 Å². The smallest absolute Gasteiger partial charge is 0.272 e. The van der Waals surface area contributed by atoms with E-state index in [4.69, 9.17) is 0 Å². The minimum absolute atomic E-state index is 0.125. The van der Waals surface area contributed by atoms with Crippen LogP contribution in [0.3, 0.4) is 0 Å². The predicted octanol–water partition coefficient (Wildman–Crippen LogP) is 1.50. The highest BCUT2D eigenvalue weighted by Gasteiger charge is 2.22. The average Bonchev–Trinajstić information content (AvgIpc) is 2.98. The average molecular weight is 327 g/mol. The summed E-state index contributed by atoms with van der Waals surface area (Å²) in [5.41, 5.74) is 4.04. The number of hydrogen-bond donors (Lipinski definition) is 4. The number of aromatic amines is 1. The second-order valence-electron chi connectivity index (χ2n) is 5.96. The van der Waals surface area contributed by atoms with Gasteiger partial charge in [-0.3, -0.25) is 14.7 Å². The number of aromatic nitrogens is 2. The number of fused-ring (bicyclic) bond motifs is 1. The van der Waals surface area contributed by atoms with Crippen molar-refractivity contribution in [1.82, 2.24) is 20.8 Å². The summed E-state index contributed by atoms with van der Waals surface area (Å²) in [5.74, 6) is -0.326. The number of amides is 2. The van der Waals surface area contributed by atoms with Gasteiger partial charge >= 0.3 is 0 Å². The van der Waals surface area contributed by atoms with Crippen molar-refractivity contribution in [2.75, 3.05) is 11.9 Å². The monoisotopic (exact) mass is 327 g/mol. The molecule has 0 bridgehead atoms. The quantitative estimate of drug-likeness (QED) is 0.684. The SMILES string of the molecule is CC(=O)Nc1cccc(C(C)NC(=O)c2n[nH]c3c2CNCC3)c1. The van der Waals surface area contributed by atoms with Crippen LogP contribution in [0.15, 0.2) is 24.3 Å². The molecule has 4 N–H and O–H groups in total. The fourth-order valence-electron chi connectivity index (χ4n) is 2.85. The lowest BCUT2D eigenvalue weighted by atomic mass is 10.1. The normalized spacial score (nSPS) is 14.6. The van der Waals surface area contributed by atoms with Gasteiger partial charge in [0.25, 0.3) is 5.91 Å². The van der Waals surface area contributed by atoms with Crippen molar-refractivity contribution in [3.05, 3.63) is 46.8 Å². The lowest BCUT2D eigenvalue weighted by Crippen LogP contribution is -2.30. The van der Waals surface area contributed by atoms with Gasteiger partial charge in [0.15, 0.2) is 5.69 Å². The second-order valence-corrected chi connectivity index (χ2v) is 5.96. The molecule has 2 aromatic rings. The first-order valence-corrected chi connectivity index (χ1v) is 8.00. The lowest BCUT2D eigenvalue weighted by molar-refractivity contribution is -0.114. The minimum atomic E-state index is -0.200. The van der Waals surface area contributed by atoms with E-state index in [-0.39, 0.29) is 17.9 Å². The van der Waals surface area contributed by atoms with Gasteiger partial charge in [-0.05, 0) is 24.6 Å². The predicted molar refractivity (Wildman–Crippen MR) is 90.6 cm³/mol. The van der Waals surface area contributed by atoms with Gasteiger partial charge in [0, 0.05) is 43.4 Å². The molecule has 0 spiro atoms. The first kappa shape index (κ1) is 16.2. The molecule has 2 heterocycles. The van der Waals surface area contributed by atoms with Crippen LogP contribution in [0.5, 0.6) is 0 Å². The molecule has 2 amide bonds. The Kier molecular flexibility index (Phi) is 4.61. The Hall–Kier alpha value is -2.67. The summed E-state index contributed by atoms with van der Waals surface area (Å²) >= 11 is 0. The van der Waals surface area contributed by atoms with E-state index >= 15 is 0 Å². The molecular weight excluding hydrogens is 306 g/mol. The van der Waals surface area contributed by atoms with Crippen molar-refractivity contribution < 1.29 is 9.59 Å². The summed E-state index contributed by atoms with van der Waals surface area (Å²) < 4.78 is 0. The first-order valence-electron chi connectivity index (χ1n) is 8.00. The number of carbonyl (C=O) groups excluding carboxylic acids is 2. The molecule has 0 radical (unpaired) electrons. The van der Waals surface area contributed by atoms with Gasteiger partial charge in [-0.25, -0.2) is 0 Å². The Morgan fingerprint density at radius 1 is 1.33 bits per heavy atom. The van der Waals surface area contributed by atoms with Crippen molar-refractivity contribution in [2.45, 2.75) is 32.9 Å². The van der Waals surface area contributed by atoms with Crippen molar-refractivity contribution in [1.29, 1.82) is 0 Å². The van der Waals surface area contributed by atoms with Crippen LogP contribution in [0.4, 0.5) is 5.69 Å². The second kappa shape index (κ2) is 6.84. The number of hydrogen-bond acceptors (Lipinski definition) is 4. The number of nitrogens with zero attached hydrogens (tertiary/aromatic N) is 1. The van der Waals surface area contributed by atoms with Crippen molar-refractivity contribution >= 4 is 17.5 Å². The standard InChI is InChI=1S/C17H21N5O2/c1-10(12-4-3-5-13(8-12)20-11(2)23)19-17(24)16-14-9-18-7-6-15(14)21-22-16/h3-5,8,10,18H,6-7,9H2,1-2H3,(H,19,24)(H,20,23)(H,21,22). The molecule has 1 aliphatic rings. The highest BCUT2D eigenvalue weighted by atomic mass is 16.2. The maximum absolute atomic E-state index is 12.5. The number of H-pyrrole nitrogens is 1. The number of rotatable bonds is 4. The van der Waals surface area contributed by atoms with Crippen LogP contribution in [0.2, 0.25) is 0 Å². The molecule has 1 atom stereocenters. The molecular formula is C17H21N5O2. The zero-order chi connectivity index (χ0) is 17.1. The molecule has 7 heteroatoms. The highest BCUT2D eigenvalue weighted by molar-refractivity contribution is 5.94. The molecule has 7 nitrogen and oxygen atoms in total. The summed E-state index contributed by atoms with van der Waals surface area (Å²) in [4.78, 5) is 23.7. The topological polar surface area (TPSA) is 98.9 Å². The fourth-order valence-corrected chi connectivity index (χ4v) is 2.85. The molecule has 1 aliphatic heterocycles. The number of benzene rings is 1. The van der Waals surface area contributed by atoms with Gasteiger partial charge in [-0.15, -0.1) is 0 Å². The molecule has 24 heavy (non-hydrogen) atoms. The lowest BCUT2D eigenvalue weighted by Gasteiger charge is -2.16. The van der Waals surface area contributed by atoms with Gasteiger partial charge in [0.2, 0.25) is 5.91 Å². The molecule has 0 fully saturated rings. The third-order valence-corrected chi connectivity index (χ3v) is 4.08. The molecule has 1 aromatic heterocycles. The van der Waals surface area contributed by atoms with E-state index in [1.807, 2.05) is 31.2 Å². The Morgan fingerprint density at radius 3 is 2.96 bits per heavy atom. The summed E-state index contributed by atoms with van der Waals surface area (Å²) in [6.45, 7) is 4.92. The van der Waals surface area contributed by atoms with E-state index in [9.17, 15) is 9.59 Å². The van der Waals surface area contributed by atoms with Gasteiger partial charge in [-0.1, -0.05) is 12.1 Å². The van der Waals surface area contributed by atoms with E-state index in [1.165, 1.54) is 6.92 Å². The van der Waals surface area contributed by atoms with Crippen LogP contribution in [-0.4, -0.2) is 28.6 Å². The van der Waals surface area contributed by atoms with Crippen molar-refractivity contribution in [3.8, 4) is 0 Å². The third-order valence-electron chi connectivity index (χ3n) is 4.08. The third kappa shape index (κ3) is 3.46. The van der Waals surface area contributed by atoms with Crippen LogP contribution in [0.25, 0.3) is 0 Å². The number of anilines is 1. The molecule has 126 valence electrons. The van der Waals surface area contributed by atoms with Gasteiger partial charge in [-0.2, -0.15) is 5.10 Å². The van der Waals surface area contributed by atoms with Crippen molar-refractivity contribution in [3.63, 3.8) is 0 Å². The molecule has 0 aliphatic carbocycles. The van der Waals surface area contributed by atoms with Crippen LogP contribution in [-0.2, 0) is 17.8 Å². The van der Waals surface area contributed by atoms with Crippen molar-refractivity contribution in [2.24, 2.45) is 0 Å². The largest absolute Gasteiger partial charge is 0.344 e. The summed E-state index contributed by atoms with van der Waals surface area (Å²) in [7, 11) is 0. The Labute approximate surface area is 140 Å². The van der Waals surface area contributed by atoms with Crippen LogP contribution in [0, 0.1) is 0 Å². The van der Waals surface area contributed by atoms with E-state index in [0.717, 1.165) is 29.8 Å². The minimum Gasteiger partial charge on any atom is -0.344 e. The van der Waals surface area contributed by atoms with Gasteiger partial charge in [0.1, 0.15) is 0 Å². The molecule has 3 rings (SSSR count). The van der Waals surface area contributed by atoms with Gasteiger partial charge < -0.3 is 16.0 Å². The van der Waals surface area contributed by atoms with Gasteiger partial charge in [0.05, 0.1) is 6.04 Å². The molecule has 1 unspecified atom stereocenters. The maximum atomic E-state index is 12.5. The van der Waals surface area contributed by atoms with E-state index in [2.05, 4.69) is 26.1 Å². The Morgan fingerprint density at radius 2 is 2.17 bits per heavy atom. The Bertz CT molecular complexity index is 768. The maximum Gasteiger partial charge on any atom is 0.272 e. The summed E-state index contributed by atoms with van der Waals surface area (Å²) in [6, 6.07) is 7.24. The van der Waals surface area contributed by atoms with Crippen LogP contribution >= 0.6 is 0 Å². The first-order chi connectivity index (χ1) is 11.5. The van der Waals surface area contributed by atoms with Crippen LogP contribution < -0.4 is 16.0 Å². The molecule has 0 saturated heterocycles. The summed E-state index contributed by atoms with van der Waals surface area (Å²) in [6.07, 6.45) is 0.851. The number of carbonyl (C=O) groups is 2. The molecule has 0 saturated carbocycles. The Balaban J connectivity index is 1.72. The zero-order valence-corrected chi connectivity index (χ0v) is 13.8. The van der Waals surface area contributed by atoms with E-state index < -0.39 is 0 Å². The van der Waals surface area contributed by atoms with Crippen LogP contribution in [0.1, 0.15) is 47.2 Å². The zero-order valence-electron chi connectivity index (χ0n) is 13.8. The van der Waals surface area contributed by atoms with E-state index in [1.54, 1.807) is 0 Å². The fraction of sp³-hybridized carbons (Fsp3) is 0.353.